The van der Waals surface area contributed by atoms with Gasteiger partial charge >= 0.3 is 0 Å². The fraction of sp³-hybridized carbons (Fsp3) is 0.500. The van der Waals surface area contributed by atoms with Crippen molar-refractivity contribution < 1.29 is 13.9 Å². The van der Waals surface area contributed by atoms with Crippen LogP contribution in [0.4, 0.5) is 4.39 Å². The monoisotopic (exact) mass is 268 g/mol. The van der Waals surface area contributed by atoms with Gasteiger partial charge in [0.25, 0.3) is 0 Å². The molecule has 1 aromatic carbocycles. The van der Waals surface area contributed by atoms with Crippen LogP contribution < -0.4 is 15.8 Å². The molecule has 1 aromatic rings. The molecule has 0 heterocycles. The fourth-order valence-corrected chi connectivity index (χ4v) is 1.47. The highest BCUT2D eigenvalue weighted by Gasteiger charge is 2.17. The van der Waals surface area contributed by atoms with Crippen molar-refractivity contribution in [2.75, 3.05) is 13.2 Å². The number of rotatable bonds is 7. The van der Waals surface area contributed by atoms with E-state index in [2.05, 4.69) is 5.32 Å². The first-order valence-electron chi connectivity index (χ1n) is 6.32. The van der Waals surface area contributed by atoms with Crippen LogP contribution in [-0.2, 0) is 4.79 Å². The van der Waals surface area contributed by atoms with Crippen molar-refractivity contribution in [2.45, 2.75) is 32.2 Å². The van der Waals surface area contributed by atoms with Gasteiger partial charge in [-0.3, -0.25) is 4.79 Å². The van der Waals surface area contributed by atoms with Gasteiger partial charge in [-0.25, -0.2) is 4.39 Å². The van der Waals surface area contributed by atoms with Gasteiger partial charge in [0, 0.05) is 24.6 Å². The molecule has 0 atom stereocenters. The minimum Gasteiger partial charge on any atom is -0.493 e. The van der Waals surface area contributed by atoms with Crippen molar-refractivity contribution in [2.24, 2.45) is 5.73 Å². The third kappa shape index (κ3) is 6.20. The van der Waals surface area contributed by atoms with Crippen LogP contribution in [-0.4, -0.2) is 24.6 Å². The summed E-state index contributed by atoms with van der Waals surface area (Å²) in [6.07, 6.45) is 0.932. The highest BCUT2D eigenvalue weighted by molar-refractivity contribution is 5.76. The summed E-state index contributed by atoms with van der Waals surface area (Å²) in [5, 5.41) is 2.83. The van der Waals surface area contributed by atoms with Crippen LogP contribution in [0.25, 0.3) is 0 Å². The molecule has 5 heteroatoms. The molecule has 0 unspecified atom stereocenters. The summed E-state index contributed by atoms with van der Waals surface area (Å²) in [5.41, 5.74) is 5.14. The maximum Gasteiger partial charge on any atom is 0.220 e. The van der Waals surface area contributed by atoms with Gasteiger partial charge in [-0.15, -0.1) is 0 Å². The highest BCUT2D eigenvalue weighted by atomic mass is 19.1. The van der Waals surface area contributed by atoms with Crippen molar-refractivity contribution in [1.82, 2.24) is 5.32 Å². The molecule has 1 amide bonds. The Morgan fingerprint density at radius 3 is 2.84 bits per heavy atom. The summed E-state index contributed by atoms with van der Waals surface area (Å²) < 4.78 is 18.2. The predicted molar refractivity (Wildman–Crippen MR) is 72.4 cm³/mol. The summed E-state index contributed by atoms with van der Waals surface area (Å²) in [5.74, 6) is 0.0842. The van der Waals surface area contributed by atoms with Gasteiger partial charge in [-0.2, -0.15) is 0 Å². The Kier molecular flexibility index (Phi) is 5.76. The first-order chi connectivity index (χ1) is 8.93. The predicted octanol–water partition coefficient (Wildman–Crippen LogP) is 1.84. The molecule has 0 aliphatic rings. The zero-order valence-electron chi connectivity index (χ0n) is 11.4. The van der Waals surface area contributed by atoms with E-state index < -0.39 is 0 Å². The summed E-state index contributed by atoms with van der Waals surface area (Å²) in [6, 6.07) is 5.94. The molecular formula is C14H21FN2O2. The Balaban J connectivity index is 2.22. The van der Waals surface area contributed by atoms with Crippen LogP contribution in [0.2, 0.25) is 0 Å². The number of hydrogen-bond acceptors (Lipinski definition) is 3. The number of halogens is 1. The molecule has 4 nitrogen and oxygen atoms in total. The fourth-order valence-electron chi connectivity index (χ4n) is 1.47. The van der Waals surface area contributed by atoms with E-state index >= 15 is 0 Å². The lowest BCUT2D eigenvalue weighted by Gasteiger charge is -2.24. The van der Waals surface area contributed by atoms with E-state index in [0.29, 0.717) is 31.7 Å². The third-order valence-corrected chi connectivity index (χ3v) is 2.60. The van der Waals surface area contributed by atoms with Gasteiger partial charge in [-0.1, -0.05) is 6.07 Å². The molecule has 0 saturated carbocycles. The van der Waals surface area contributed by atoms with Crippen LogP contribution in [0.15, 0.2) is 24.3 Å². The molecule has 0 spiro atoms. The third-order valence-electron chi connectivity index (χ3n) is 2.60. The zero-order valence-corrected chi connectivity index (χ0v) is 11.4. The minimum absolute atomic E-state index is 0.0571. The van der Waals surface area contributed by atoms with Gasteiger partial charge < -0.3 is 15.8 Å². The number of nitrogens with one attached hydrogen (secondary N) is 1. The molecule has 19 heavy (non-hydrogen) atoms. The molecule has 106 valence electrons. The lowest BCUT2D eigenvalue weighted by atomic mass is 10.1. The van der Waals surface area contributed by atoms with Crippen LogP contribution >= 0.6 is 0 Å². The summed E-state index contributed by atoms with van der Waals surface area (Å²) in [4.78, 5) is 11.6. The van der Waals surface area contributed by atoms with E-state index in [1.54, 1.807) is 12.1 Å². The number of nitrogens with two attached hydrogens (primary N) is 1. The molecule has 1 rings (SSSR count). The van der Waals surface area contributed by atoms with E-state index in [1.807, 2.05) is 13.8 Å². The van der Waals surface area contributed by atoms with E-state index in [1.165, 1.54) is 12.1 Å². The number of carbonyl (C=O) groups excluding carboxylic acids is 1. The molecule has 0 saturated heterocycles. The molecule has 0 bridgehead atoms. The zero-order chi connectivity index (χ0) is 14.3. The van der Waals surface area contributed by atoms with Crippen LogP contribution in [0.1, 0.15) is 26.7 Å². The second-order valence-corrected chi connectivity index (χ2v) is 5.05. The van der Waals surface area contributed by atoms with Gasteiger partial charge in [0.15, 0.2) is 0 Å². The quantitative estimate of drug-likeness (QED) is 0.742. The lowest BCUT2D eigenvalue weighted by Crippen LogP contribution is -2.48. The van der Waals surface area contributed by atoms with Crippen LogP contribution in [0.3, 0.4) is 0 Å². The maximum absolute atomic E-state index is 12.9. The second-order valence-electron chi connectivity index (χ2n) is 5.05. The maximum atomic E-state index is 12.9. The topological polar surface area (TPSA) is 64.3 Å². The number of benzene rings is 1. The average Bonchev–Trinajstić information content (AvgIpc) is 2.34. The normalized spacial score (nSPS) is 11.2. The Labute approximate surface area is 113 Å². The van der Waals surface area contributed by atoms with Crippen molar-refractivity contribution >= 4 is 5.91 Å². The lowest BCUT2D eigenvalue weighted by molar-refractivity contribution is -0.122. The van der Waals surface area contributed by atoms with Gasteiger partial charge in [0.2, 0.25) is 5.91 Å². The van der Waals surface area contributed by atoms with Crippen LogP contribution in [0.5, 0.6) is 5.75 Å². The Morgan fingerprint density at radius 1 is 1.47 bits per heavy atom. The van der Waals surface area contributed by atoms with Gasteiger partial charge in [-0.05, 0) is 32.4 Å². The standard InChI is InChI=1S/C14H21FN2O2/c1-14(2,10-16)17-13(18)7-4-8-19-12-6-3-5-11(15)9-12/h3,5-6,9H,4,7-8,10,16H2,1-2H3,(H,17,18). The van der Waals surface area contributed by atoms with E-state index in [-0.39, 0.29) is 17.3 Å². The molecular weight excluding hydrogens is 247 g/mol. The molecule has 3 N–H and O–H groups in total. The number of amides is 1. The summed E-state index contributed by atoms with van der Waals surface area (Å²) >= 11 is 0. The van der Waals surface area contributed by atoms with Gasteiger partial charge in [0.1, 0.15) is 11.6 Å². The molecule has 0 aliphatic heterocycles. The Bertz CT molecular complexity index is 422. The molecule has 0 aromatic heterocycles. The van der Waals surface area contributed by atoms with Crippen molar-refractivity contribution in [3.8, 4) is 5.75 Å². The molecule has 0 fully saturated rings. The Hall–Kier alpha value is -1.62. The van der Waals surface area contributed by atoms with Crippen LogP contribution in [0, 0.1) is 5.82 Å². The van der Waals surface area contributed by atoms with Gasteiger partial charge in [0.05, 0.1) is 6.61 Å². The first-order valence-corrected chi connectivity index (χ1v) is 6.32. The van der Waals surface area contributed by atoms with Crippen molar-refractivity contribution in [3.63, 3.8) is 0 Å². The summed E-state index contributed by atoms with van der Waals surface area (Å²) in [6.45, 7) is 4.50. The van der Waals surface area contributed by atoms with E-state index in [4.69, 9.17) is 10.5 Å². The first kappa shape index (κ1) is 15.4. The largest absolute Gasteiger partial charge is 0.493 e. The van der Waals surface area contributed by atoms with E-state index in [0.717, 1.165) is 0 Å². The smallest absolute Gasteiger partial charge is 0.220 e. The molecule has 0 aliphatic carbocycles. The number of carbonyl (C=O) groups is 1. The Morgan fingerprint density at radius 2 is 2.21 bits per heavy atom. The average molecular weight is 268 g/mol. The second kappa shape index (κ2) is 7.09. The summed E-state index contributed by atoms with van der Waals surface area (Å²) in [7, 11) is 0. The SMILES string of the molecule is CC(C)(CN)NC(=O)CCCOc1cccc(F)c1. The highest BCUT2D eigenvalue weighted by Crippen LogP contribution is 2.12. The van der Waals surface area contributed by atoms with E-state index in [9.17, 15) is 9.18 Å². The minimum atomic E-state index is -0.388. The number of ether oxygens (including phenoxy) is 1. The number of hydrogen-bond donors (Lipinski definition) is 2. The molecule has 0 radical (unpaired) electrons. The van der Waals surface area contributed by atoms with Crippen molar-refractivity contribution in [1.29, 1.82) is 0 Å². The van der Waals surface area contributed by atoms with Crippen molar-refractivity contribution in [3.05, 3.63) is 30.1 Å².